The summed E-state index contributed by atoms with van der Waals surface area (Å²) in [6.07, 6.45) is -2.17. The lowest BCUT2D eigenvalue weighted by molar-refractivity contribution is -0.153. The fourth-order valence-corrected chi connectivity index (χ4v) is 5.09. The van der Waals surface area contributed by atoms with Gasteiger partial charge in [-0.05, 0) is 56.7 Å². The first-order valence-electron chi connectivity index (χ1n) is 10.1. The normalized spacial score (nSPS) is 19.6. The molecule has 1 saturated carbocycles. The molecular weight excluding hydrogens is 437 g/mol. The van der Waals surface area contributed by atoms with Crippen molar-refractivity contribution in [3.63, 3.8) is 0 Å². The fourth-order valence-electron chi connectivity index (χ4n) is 3.58. The number of hydrogen-bond donors (Lipinski definition) is 1. The molecule has 1 saturated heterocycles. The number of nitrogens with one attached hydrogen (secondary N) is 1. The zero-order chi connectivity index (χ0) is 22.8. The lowest BCUT2D eigenvalue weighted by atomic mass is 9.98. The van der Waals surface area contributed by atoms with E-state index < -0.39 is 45.2 Å². The van der Waals surface area contributed by atoms with Crippen LogP contribution in [0.3, 0.4) is 0 Å². The number of hydrogen-bond acceptors (Lipinski definition) is 5. The van der Waals surface area contributed by atoms with Crippen LogP contribution in [0, 0.1) is 11.8 Å². The average molecular weight is 462 g/mol. The third-order valence-electron chi connectivity index (χ3n) is 5.65. The van der Waals surface area contributed by atoms with E-state index in [2.05, 4.69) is 5.32 Å². The van der Waals surface area contributed by atoms with Gasteiger partial charge >= 0.3 is 12.1 Å². The summed E-state index contributed by atoms with van der Waals surface area (Å²) in [6.45, 7) is 1.46. The van der Waals surface area contributed by atoms with Crippen molar-refractivity contribution in [3.05, 3.63) is 29.8 Å². The van der Waals surface area contributed by atoms with Crippen LogP contribution in [0.4, 0.5) is 13.2 Å². The molecule has 1 aliphatic heterocycles. The Balaban J connectivity index is 1.51. The van der Waals surface area contributed by atoms with Gasteiger partial charge in [0.25, 0.3) is 5.91 Å². The SMILES string of the molecule is CC(NC(=O)COC(=O)C1CCN(S(=O)(=O)c2cccc(C(F)(F)F)c2)CC1)C1CC1. The molecule has 3 rings (SSSR count). The second kappa shape index (κ2) is 9.15. The summed E-state index contributed by atoms with van der Waals surface area (Å²) in [6, 6.07) is 3.62. The van der Waals surface area contributed by atoms with Crippen LogP contribution in [0.5, 0.6) is 0 Å². The number of halogens is 3. The largest absolute Gasteiger partial charge is 0.455 e. The fraction of sp³-hybridized carbons (Fsp3) is 0.600. The number of sulfonamides is 1. The molecule has 2 aliphatic rings. The molecule has 0 radical (unpaired) electrons. The predicted molar refractivity (Wildman–Crippen MR) is 104 cm³/mol. The number of piperidine rings is 1. The van der Waals surface area contributed by atoms with Gasteiger partial charge in [0.2, 0.25) is 10.0 Å². The molecule has 0 bridgehead atoms. The molecule has 7 nitrogen and oxygen atoms in total. The highest BCUT2D eigenvalue weighted by molar-refractivity contribution is 7.89. The summed E-state index contributed by atoms with van der Waals surface area (Å²) in [7, 11) is -4.12. The maximum atomic E-state index is 12.9. The molecule has 1 aromatic rings. The Labute approximate surface area is 179 Å². The van der Waals surface area contributed by atoms with E-state index in [1.165, 1.54) is 0 Å². The highest BCUT2D eigenvalue weighted by atomic mass is 32.2. The Morgan fingerprint density at radius 1 is 1.19 bits per heavy atom. The topological polar surface area (TPSA) is 92.8 Å². The van der Waals surface area contributed by atoms with Gasteiger partial charge in [0, 0.05) is 19.1 Å². The van der Waals surface area contributed by atoms with Crippen LogP contribution in [0.15, 0.2) is 29.2 Å². The maximum absolute atomic E-state index is 12.9. The van der Waals surface area contributed by atoms with Gasteiger partial charge in [-0.3, -0.25) is 9.59 Å². The molecule has 1 amide bonds. The van der Waals surface area contributed by atoms with Crippen molar-refractivity contribution >= 4 is 21.9 Å². The second-order valence-electron chi connectivity index (χ2n) is 8.01. The monoisotopic (exact) mass is 462 g/mol. The van der Waals surface area contributed by atoms with Crippen LogP contribution in [0.1, 0.15) is 38.2 Å². The van der Waals surface area contributed by atoms with Gasteiger partial charge in [0.1, 0.15) is 0 Å². The average Bonchev–Trinajstić information content (AvgIpc) is 3.57. The number of carbonyl (C=O) groups is 2. The van der Waals surface area contributed by atoms with Crippen LogP contribution < -0.4 is 5.32 Å². The lowest BCUT2D eigenvalue weighted by Crippen LogP contribution is -2.41. The van der Waals surface area contributed by atoms with Gasteiger partial charge in [-0.1, -0.05) is 6.07 Å². The third kappa shape index (κ3) is 5.97. The van der Waals surface area contributed by atoms with Gasteiger partial charge in [0.15, 0.2) is 6.61 Å². The lowest BCUT2D eigenvalue weighted by Gasteiger charge is -2.30. The van der Waals surface area contributed by atoms with Crippen molar-refractivity contribution in [2.24, 2.45) is 11.8 Å². The van der Waals surface area contributed by atoms with Crippen molar-refractivity contribution in [2.75, 3.05) is 19.7 Å². The number of carbonyl (C=O) groups excluding carboxylic acids is 2. The molecule has 1 aromatic carbocycles. The highest BCUT2D eigenvalue weighted by Gasteiger charge is 2.36. The molecule has 1 heterocycles. The second-order valence-corrected chi connectivity index (χ2v) is 9.94. The van der Waals surface area contributed by atoms with Crippen molar-refractivity contribution in [1.29, 1.82) is 0 Å². The zero-order valence-corrected chi connectivity index (χ0v) is 17.8. The molecule has 0 spiro atoms. The number of esters is 1. The van der Waals surface area contributed by atoms with Gasteiger partial charge in [-0.15, -0.1) is 0 Å². The number of rotatable bonds is 7. The summed E-state index contributed by atoms with van der Waals surface area (Å²) in [5.74, 6) is -1.05. The summed E-state index contributed by atoms with van der Waals surface area (Å²) < 4.78 is 70.2. The summed E-state index contributed by atoms with van der Waals surface area (Å²) in [4.78, 5) is 23.6. The van der Waals surface area contributed by atoms with Crippen molar-refractivity contribution < 1.29 is 35.9 Å². The Bertz CT molecular complexity index is 923. The molecule has 1 aliphatic carbocycles. The zero-order valence-electron chi connectivity index (χ0n) is 17.0. The van der Waals surface area contributed by atoms with Gasteiger partial charge in [-0.25, -0.2) is 8.42 Å². The van der Waals surface area contributed by atoms with Gasteiger partial charge in [-0.2, -0.15) is 17.5 Å². The molecule has 0 aromatic heterocycles. The Hall–Kier alpha value is -2.14. The minimum Gasteiger partial charge on any atom is -0.455 e. The van der Waals surface area contributed by atoms with Crippen molar-refractivity contribution in [3.8, 4) is 0 Å². The molecule has 1 N–H and O–H groups in total. The number of ether oxygens (including phenoxy) is 1. The van der Waals surface area contributed by atoms with Crippen LogP contribution in [0.2, 0.25) is 0 Å². The Morgan fingerprint density at radius 3 is 2.42 bits per heavy atom. The van der Waals surface area contributed by atoms with E-state index in [9.17, 15) is 31.2 Å². The number of amides is 1. The van der Waals surface area contributed by atoms with Crippen LogP contribution >= 0.6 is 0 Å². The first-order valence-corrected chi connectivity index (χ1v) is 11.6. The van der Waals surface area contributed by atoms with E-state index in [-0.39, 0.29) is 37.9 Å². The maximum Gasteiger partial charge on any atom is 0.416 e. The van der Waals surface area contributed by atoms with Crippen molar-refractivity contribution in [1.82, 2.24) is 9.62 Å². The van der Waals surface area contributed by atoms with Crippen LogP contribution in [-0.4, -0.2) is 50.3 Å². The van der Waals surface area contributed by atoms with E-state index >= 15 is 0 Å². The minimum absolute atomic E-state index is 0.0245. The first-order chi connectivity index (χ1) is 14.5. The number of nitrogens with zero attached hydrogens (tertiary/aromatic N) is 1. The Morgan fingerprint density at radius 2 is 1.84 bits per heavy atom. The smallest absolute Gasteiger partial charge is 0.416 e. The summed E-state index contributed by atoms with van der Waals surface area (Å²) in [5.41, 5.74) is -1.04. The van der Waals surface area contributed by atoms with Gasteiger partial charge < -0.3 is 10.1 Å². The third-order valence-corrected chi connectivity index (χ3v) is 7.54. The quantitative estimate of drug-likeness (QED) is 0.629. The summed E-state index contributed by atoms with van der Waals surface area (Å²) in [5, 5.41) is 2.78. The predicted octanol–water partition coefficient (Wildman–Crippen LogP) is 2.56. The molecule has 31 heavy (non-hydrogen) atoms. The number of alkyl halides is 3. The summed E-state index contributed by atoms with van der Waals surface area (Å²) >= 11 is 0. The molecule has 1 atom stereocenters. The van der Waals surface area contributed by atoms with E-state index in [0.29, 0.717) is 12.0 Å². The van der Waals surface area contributed by atoms with Crippen molar-refractivity contribution in [2.45, 2.75) is 49.7 Å². The van der Waals surface area contributed by atoms with E-state index in [0.717, 1.165) is 35.3 Å². The van der Waals surface area contributed by atoms with Crippen LogP contribution in [0.25, 0.3) is 0 Å². The van der Waals surface area contributed by atoms with E-state index in [4.69, 9.17) is 4.74 Å². The molecule has 2 fully saturated rings. The van der Waals surface area contributed by atoms with E-state index in [1.807, 2.05) is 6.92 Å². The standard InChI is InChI=1S/C20H25F3N2O5S/c1-13(14-5-6-14)24-18(26)12-30-19(27)15-7-9-25(10-8-15)31(28,29)17-4-2-3-16(11-17)20(21,22)23/h2-4,11,13-15H,5-10,12H2,1H3,(H,24,26). The van der Waals surface area contributed by atoms with Gasteiger partial charge in [0.05, 0.1) is 16.4 Å². The van der Waals surface area contributed by atoms with E-state index in [1.54, 1.807) is 0 Å². The molecule has 172 valence electrons. The Kier molecular flexibility index (Phi) is 6.95. The molecular formula is C20H25F3N2O5S. The van der Waals surface area contributed by atoms with Crippen LogP contribution in [-0.2, 0) is 30.5 Å². The minimum atomic E-state index is -4.65. The number of benzene rings is 1. The first kappa shape index (κ1) is 23.5. The molecule has 1 unspecified atom stereocenters. The molecule has 11 heteroatoms. The highest BCUT2D eigenvalue weighted by Crippen LogP contribution is 2.33.